The molecule has 6 rings (SSSR count). The molecule has 4 aromatic rings. The first-order valence-electron chi connectivity index (χ1n) is 10.8. The summed E-state index contributed by atoms with van der Waals surface area (Å²) in [7, 11) is 0. The Morgan fingerprint density at radius 2 is 2.00 bits per heavy atom. The maximum absolute atomic E-state index is 13.7. The first-order chi connectivity index (χ1) is 16.0. The summed E-state index contributed by atoms with van der Waals surface area (Å²) < 4.78 is 7.34. The van der Waals surface area contributed by atoms with Crippen LogP contribution in [-0.2, 0) is 4.74 Å². The standard InChI is InChI=1S/C24H21ClN6O2/c1-13-11-18(12-30-14(2)28-29-23(13)30)31-21(15-3-5-17(25)6-4-15)19-20(24(31)32)27-22(26-19)16-7-9-33-10-8-16/h3-7,11-12,21H,8-10H2,1-2H3,(H,26,27)/t21-/m0/s1. The van der Waals surface area contributed by atoms with Crippen molar-refractivity contribution in [2.45, 2.75) is 26.3 Å². The molecule has 3 aromatic heterocycles. The Hall–Kier alpha value is -3.49. The van der Waals surface area contributed by atoms with E-state index in [0.717, 1.165) is 51.8 Å². The molecule has 0 unspecified atom stereocenters. The normalized spacial score (nSPS) is 18.2. The van der Waals surface area contributed by atoms with Crippen LogP contribution < -0.4 is 4.90 Å². The number of pyridine rings is 1. The maximum Gasteiger partial charge on any atom is 0.279 e. The number of aryl methyl sites for hydroxylation is 2. The fourth-order valence-electron chi connectivity index (χ4n) is 4.61. The number of fused-ring (bicyclic) bond motifs is 2. The summed E-state index contributed by atoms with van der Waals surface area (Å²) in [6.07, 6.45) is 4.69. The molecule has 33 heavy (non-hydrogen) atoms. The van der Waals surface area contributed by atoms with Crippen molar-refractivity contribution >= 4 is 34.4 Å². The van der Waals surface area contributed by atoms with E-state index < -0.39 is 0 Å². The molecule has 0 aliphatic carbocycles. The lowest BCUT2D eigenvalue weighted by atomic mass is 10.0. The second kappa shape index (κ2) is 7.54. The van der Waals surface area contributed by atoms with E-state index in [1.807, 2.05) is 60.9 Å². The predicted octanol–water partition coefficient (Wildman–Crippen LogP) is 4.28. The molecule has 0 spiro atoms. The Morgan fingerprint density at radius 1 is 1.18 bits per heavy atom. The monoisotopic (exact) mass is 460 g/mol. The van der Waals surface area contributed by atoms with Crippen LogP contribution in [0.4, 0.5) is 5.69 Å². The number of carbonyl (C=O) groups is 1. The smallest absolute Gasteiger partial charge is 0.279 e. The van der Waals surface area contributed by atoms with E-state index in [1.54, 1.807) is 4.90 Å². The van der Waals surface area contributed by atoms with Crippen molar-refractivity contribution in [3.05, 3.63) is 81.8 Å². The number of amides is 1. The molecular weight excluding hydrogens is 440 g/mol. The number of hydrogen-bond donors (Lipinski definition) is 1. The lowest BCUT2D eigenvalue weighted by Gasteiger charge is -2.26. The third kappa shape index (κ3) is 3.17. The summed E-state index contributed by atoms with van der Waals surface area (Å²) in [5.41, 5.74) is 5.70. The molecule has 9 heteroatoms. The van der Waals surface area contributed by atoms with E-state index in [9.17, 15) is 4.79 Å². The number of anilines is 1. The predicted molar refractivity (Wildman–Crippen MR) is 125 cm³/mol. The van der Waals surface area contributed by atoms with Crippen LogP contribution in [0, 0.1) is 13.8 Å². The van der Waals surface area contributed by atoms with Gasteiger partial charge in [-0.25, -0.2) is 4.98 Å². The lowest BCUT2D eigenvalue weighted by Crippen LogP contribution is -2.30. The van der Waals surface area contributed by atoms with E-state index in [4.69, 9.17) is 21.3 Å². The van der Waals surface area contributed by atoms with Gasteiger partial charge in [-0.2, -0.15) is 0 Å². The van der Waals surface area contributed by atoms with Crippen molar-refractivity contribution in [2.24, 2.45) is 0 Å². The lowest BCUT2D eigenvalue weighted by molar-refractivity contribution is 0.0989. The average Bonchev–Trinajstić information content (AvgIpc) is 3.49. The summed E-state index contributed by atoms with van der Waals surface area (Å²) in [5.74, 6) is 1.34. The van der Waals surface area contributed by atoms with Crippen molar-refractivity contribution < 1.29 is 9.53 Å². The molecule has 1 amide bonds. The van der Waals surface area contributed by atoms with Crippen LogP contribution in [0.1, 0.15) is 51.4 Å². The number of halogens is 1. The van der Waals surface area contributed by atoms with Crippen LogP contribution >= 0.6 is 11.6 Å². The minimum absolute atomic E-state index is 0.149. The number of rotatable bonds is 3. The third-order valence-corrected chi connectivity index (χ3v) is 6.51. The number of nitrogens with one attached hydrogen (secondary N) is 1. The van der Waals surface area contributed by atoms with Crippen LogP contribution in [0.25, 0.3) is 11.2 Å². The molecule has 166 valence electrons. The van der Waals surface area contributed by atoms with Gasteiger partial charge in [-0.3, -0.25) is 14.1 Å². The van der Waals surface area contributed by atoms with Gasteiger partial charge in [-0.15, -0.1) is 10.2 Å². The van der Waals surface area contributed by atoms with Crippen LogP contribution in [0.5, 0.6) is 0 Å². The third-order valence-electron chi connectivity index (χ3n) is 6.26. The highest BCUT2D eigenvalue weighted by Gasteiger charge is 2.42. The van der Waals surface area contributed by atoms with Gasteiger partial charge in [0.05, 0.1) is 24.6 Å². The van der Waals surface area contributed by atoms with Crippen molar-refractivity contribution in [1.82, 2.24) is 24.6 Å². The van der Waals surface area contributed by atoms with Crippen molar-refractivity contribution in [3.63, 3.8) is 0 Å². The van der Waals surface area contributed by atoms with Gasteiger partial charge in [0.2, 0.25) is 0 Å². The molecule has 0 fully saturated rings. The molecule has 1 aromatic carbocycles. The van der Waals surface area contributed by atoms with E-state index in [2.05, 4.69) is 15.2 Å². The number of nitrogens with zero attached hydrogens (tertiary/aromatic N) is 5. The summed E-state index contributed by atoms with van der Waals surface area (Å²) in [6, 6.07) is 9.19. The van der Waals surface area contributed by atoms with E-state index in [0.29, 0.717) is 23.9 Å². The molecule has 0 bridgehead atoms. The zero-order valence-electron chi connectivity index (χ0n) is 18.2. The summed E-state index contributed by atoms with van der Waals surface area (Å²) in [6.45, 7) is 5.07. The highest BCUT2D eigenvalue weighted by atomic mass is 35.5. The van der Waals surface area contributed by atoms with Crippen molar-refractivity contribution in [3.8, 4) is 0 Å². The highest BCUT2D eigenvalue weighted by Crippen LogP contribution is 2.42. The quantitative estimate of drug-likeness (QED) is 0.493. The van der Waals surface area contributed by atoms with Gasteiger partial charge in [0.1, 0.15) is 17.7 Å². The SMILES string of the molecule is Cc1cc(N2C(=O)c3nc(C4=CCOCC4)[nH]c3[C@@H]2c2ccc(Cl)cc2)cn2c(C)nnc12. The second-order valence-electron chi connectivity index (χ2n) is 8.35. The molecule has 5 heterocycles. The first-order valence-corrected chi connectivity index (χ1v) is 11.2. The Bertz CT molecular complexity index is 1440. The fraction of sp³-hybridized carbons (Fsp3) is 0.250. The summed E-state index contributed by atoms with van der Waals surface area (Å²) in [5, 5.41) is 9.07. The van der Waals surface area contributed by atoms with Gasteiger partial charge >= 0.3 is 0 Å². The Balaban J connectivity index is 1.52. The number of carbonyl (C=O) groups excluding carboxylic acids is 1. The second-order valence-corrected chi connectivity index (χ2v) is 8.79. The molecule has 1 atom stereocenters. The zero-order chi connectivity index (χ0) is 22.7. The molecule has 2 aliphatic heterocycles. The minimum atomic E-state index is -0.361. The van der Waals surface area contributed by atoms with Gasteiger partial charge in [-0.05, 0) is 55.2 Å². The number of H-pyrrole nitrogens is 1. The van der Waals surface area contributed by atoms with Gasteiger partial charge in [0.15, 0.2) is 11.3 Å². The molecule has 0 saturated heterocycles. The summed E-state index contributed by atoms with van der Waals surface area (Å²) >= 11 is 6.16. The number of ether oxygens (including phenoxy) is 1. The Kier molecular flexibility index (Phi) is 4.60. The number of aromatic nitrogens is 5. The van der Waals surface area contributed by atoms with Crippen LogP contribution in [0.2, 0.25) is 5.02 Å². The van der Waals surface area contributed by atoms with Gasteiger partial charge in [0, 0.05) is 11.2 Å². The fourth-order valence-corrected chi connectivity index (χ4v) is 4.74. The largest absolute Gasteiger partial charge is 0.377 e. The van der Waals surface area contributed by atoms with E-state index >= 15 is 0 Å². The van der Waals surface area contributed by atoms with E-state index in [-0.39, 0.29) is 11.9 Å². The van der Waals surface area contributed by atoms with Crippen LogP contribution in [0.3, 0.4) is 0 Å². The van der Waals surface area contributed by atoms with Crippen LogP contribution in [-0.4, -0.2) is 43.7 Å². The topological polar surface area (TPSA) is 88.4 Å². The van der Waals surface area contributed by atoms with Crippen LogP contribution in [0.15, 0.2) is 42.6 Å². The van der Waals surface area contributed by atoms with E-state index in [1.165, 1.54) is 0 Å². The molecule has 0 radical (unpaired) electrons. The maximum atomic E-state index is 13.7. The first kappa shape index (κ1) is 20.1. The molecule has 1 N–H and O–H groups in total. The van der Waals surface area contributed by atoms with Gasteiger partial charge in [-0.1, -0.05) is 29.8 Å². The van der Waals surface area contributed by atoms with Gasteiger partial charge < -0.3 is 9.72 Å². The van der Waals surface area contributed by atoms with Crippen molar-refractivity contribution in [2.75, 3.05) is 18.1 Å². The molecule has 0 saturated carbocycles. The zero-order valence-corrected chi connectivity index (χ0v) is 18.9. The number of benzene rings is 1. The average molecular weight is 461 g/mol. The van der Waals surface area contributed by atoms with Crippen molar-refractivity contribution in [1.29, 1.82) is 0 Å². The Morgan fingerprint density at radius 3 is 2.76 bits per heavy atom. The molecular formula is C24H21ClN6O2. The number of aromatic amines is 1. The number of imidazole rings is 1. The highest BCUT2D eigenvalue weighted by molar-refractivity contribution is 6.30. The minimum Gasteiger partial charge on any atom is -0.377 e. The Labute approximate surface area is 194 Å². The molecule has 8 nitrogen and oxygen atoms in total. The van der Waals surface area contributed by atoms with Gasteiger partial charge in [0.25, 0.3) is 5.91 Å². The number of hydrogen-bond acceptors (Lipinski definition) is 5. The summed E-state index contributed by atoms with van der Waals surface area (Å²) in [4.78, 5) is 23.7. The molecule has 2 aliphatic rings.